The summed E-state index contributed by atoms with van der Waals surface area (Å²) in [7, 11) is 0. The molecule has 2 aliphatic carbocycles. The van der Waals surface area contributed by atoms with Gasteiger partial charge in [0.25, 0.3) is 0 Å². The van der Waals surface area contributed by atoms with Crippen LogP contribution in [-0.2, 0) is 16.5 Å². The number of hydrogen-bond donors (Lipinski definition) is 1. The van der Waals surface area contributed by atoms with E-state index in [4.69, 9.17) is 10.5 Å². The second kappa shape index (κ2) is 4.40. The van der Waals surface area contributed by atoms with Gasteiger partial charge in [0.2, 0.25) is 0 Å². The number of anilines is 1. The number of imidazole rings is 1. The number of pyridine rings is 1. The molecular weight excluding hydrogens is 347 g/mol. The minimum Gasteiger partial charge on any atom is -0.383 e. The van der Waals surface area contributed by atoms with E-state index in [1.807, 2.05) is 6.20 Å². The maximum atomic E-state index is 13.1. The summed E-state index contributed by atoms with van der Waals surface area (Å²) in [6, 6.07) is 2.07. The molecule has 5 heterocycles. The van der Waals surface area contributed by atoms with Gasteiger partial charge in [-0.2, -0.15) is 13.2 Å². The maximum Gasteiger partial charge on any atom is 0.419 e. The summed E-state index contributed by atoms with van der Waals surface area (Å²) >= 11 is 0. The predicted octanol–water partition coefficient (Wildman–Crippen LogP) is 1.58. The zero-order valence-electron chi connectivity index (χ0n) is 13.6. The van der Waals surface area contributed by atoms with Crippen LogP contribution in [0.15, 0.2) is 24.8 Å². The van der Waals surface area contributed by atoms with Crippen LogP contribution in [0.25, 0.3) is 11.3 Å². The number of nitrogens with two attached hydrogens (primary N) is 1. The van der Waals surface area contributed by atoms with E-state index in [-0.39, 0.29) is 5.54 Å². The van der Waals surface area contributed by atoms with Gasteiger partial charge in [0.1, 0.15) is 5.82 Å². The number of piperidine rings is 1. The van der Waals surface area contributed by atoms with E-state index in [1.54, 1.807) is 6.33 Å². The van der Waals surface area contributed by atoms with Crippen LogP contribution in [0, 0.1) is 11.8 Å². The molecule has 3 saturated heterocycles. The van der Waals surface area contributed by atoms with Crippen LogP contribution in [-0.4, -0.2) is 51.3 Å². The van der Waals surface area contributed by atoms with Crippen molar-refractivity contribution in [2.45, 2.75) is 23.8 Å². The molecule has 26 heavy (non-hydrogen) atoms. The molecule has 2 aromatic heterocycles. The molecule has 9 heteroatoms. The van der Waals surface area contributed by atoms with Crippen LogP contribution in [0.3, 0.4) is 0 Å². The molecule has 6 nitrogen and oxygen atoms in total. The molecule has 2 N–H and O–H groups in total. The number of hydrogen-bond acceptors (Lipinski definition) is 5. The largest absolute Gasteiger partial charge is 0.419 e. The van der Waals surface area contributed by atoms with Crippen molar-refractivity contribution >= 4 is 5.82 Å². The highest BCUT2D eigenvalue weighted by Gasteiger charge is 2.94. The average molecular weight is 363 g/mol. The van der Waals surface area contributed by atoms with Crippen molar-refractivity contribution in [2.24, 2.45) is 11.8 Å². The van der Waals surface area contributed by atoms with Crippen LogP contribution < -0.4 is 5.73 Å². The maximum absolute atomic E-state index is 13.1. The van der Waals surface area contributed by atoms with Gasteiger partial charge in [0, 0.05) is 42.4 Å². The van der Waals surface area contributed by atoms with Crippen molar-refractivity contribution in [3.8, 4) is 11.3 Å². The summed E-state index contributed by atoms with van der Waals surface area (Å²) < 4.78 is 46.6. The van der Waals surface area contributed by atoms with E-state index in [1.165, 1.54) is 6.20 Å². The fourth-order valence-electron chi connectivity index (χ4n) is 5.12. The van der Waals surface area contributed by atoms with Gasteiger partial charge in [-0.1, -0.05) is 0 Å². The first kappa shape index (κ1) is 15.0. The minimum absolute atomic E-state index is 0.106. The predicted molar refractivity (Wildman–Crippen MR) is 84.9 cm³/mol. The lowest BCUT2D eigenvalue weighted by molar-refractivity contribution is -0.137. The van der Waals surface area contributed by atoms with Gasteiger partial charge >= 0.3 is 6.18 Å². The van der Waals surface area contributed by atoms with Gasteiger partial charge in [-0.05, 0) is 6.07 Å². The number of ether oxygens (including phenoxy) is 1. The van der Waals surface area contributed by atoms with Gasteiger partial charge in [-0.15, -0.1) is 0 Å². The van der Waals surface area contributed by atoms with Gasteiger partial charge in [-0.25, -0.2) is 9.97 Å². The number of aromatic nitrogens is 3. The van der Waals surface area contributed by atoms with Gasteiger partial charge < -0.3 is 15.0 Å². The molecule has 2 aromatic rings. The summed E-state index contributed by atoms with van der Waals surface area (Å²) in [6.07, 6.45) is 0.406. The molecule has 0 radical (unpaired) electrons. The third kappa shape index (κ3) is 1.65. The van der Waals surface area contributed by atoms with Gasteiger partial charge in [-0.3, -0.25) is 4.90 Å². The number of nitrogens with zero attached hydrogens (tertiary/aromatic N) is 4. The number of alkyl halides is 3. The Hall–Kier alpha value is -2.13. The highest BCUT2D eigenvalue weighted by molar-refractivity contribution is 5.62. The number of halogens is 3. The summed E-state index contributed by atoms with van der Waals surface area (Å²) in [5.74, 6) is 0.769. The van der Waals surface area contributed by atoms with Crippen molar-refractivity contribution in [2.75, 3.05) is 25.5 Å². The van der Waals surface area contributed by atoms with Crippen molar-refractivity contribution in [3.63, 3.8) is 0 Å². The highest BCUT2D eigenvalue weighted by Crippen LogP contribution is 2.83. The monoisotopic (exact) mass is 363 g/mol. The van der Waals surface area contributed by atoms with Crippen LogP contribution in [0.2, 0.25) is 0 Å². The second-order valence-corrected chi connectivity index (χ2v) is 7.67. The highest BCUT2D eigenvalue weighted by atomic mass is 19.4. The smallest absolute Gasteiger partial charge is 0.383 e. The Kier molecular flexibility index (Phi) is 2.53. The molecule has 0 amide bonds. The molecule has 2 bridgehead atoms. The van der Waals surface area contributed by atoms with Crippen LogP contribution in [0.4, 0.5) is 19.0 Å². The van der Waals surface area contributed by atoms with E-state index in [0.29, 0.717) is 35.2 Å². The molecule has 0 aromatic carbocycles. The van der Waals surface area contributed by atoms with Crippen molar-refractivity contribution in [3.05, 3.63) is 30.4 Å². The summed E-state index contributed by atoms with van der Waals surface area (Å²) in [5, 5.41) is 0. The molecule has 136 valence electrons. The molecule has 0 spiro atoms. The number of rotatable bonds is 3. The molecule has 3 aliphatic heterocycles. The van der Waals surface area contributed by atoms with Crippen LogP contribution in [0.1, 0.15) is 5.56 Å². The van der Waals surface area contributed by atoms with E-state index in [0.717, 1.165) is 25.8 Å². The number of fused-ring (bicyclic) bond motifs is 1. The number of nitrogen functional groups attached to an aromatic ring is 1. The van der Waals surface area contributed by atoms with E-state index in [9.17, 15) is 13.2 Å². The molecule has 7 rings (SSSR count). The Morgan fingerprint density at radius 3 is 2.73 bits per heavy atom. The van der Waals surface area contributed by atoms with Crippen molar-refractivity contribution in [1.82, 2.24) is 19.4 Å². The lowest BCUT2D eigenvalue weighted by Crippen LogP contribution is -2.48. The lowest BCUT2D eigenvalue weighted by atomic mass is 10.1. The zero-order chi connectivity index (χ0) is 17.8. The van der Waals surface area contributed by atoms with E-state index < -0.39 is 17.6 Å². The fourth-order valence-corrected chi connectivity index (χ4v) is 5.12. The van der Waals surface area contributed by atoms with Crippen LogP contribution in [0.5, 0.6) is 0 Å². The Morgan fingerprint density at radius 2 is 2.08 bits per heavy atom. The average Bonchev–Trinajstić information content (AvgIpc) is 3.10. The first-order valence-electron chi connectivity index (χ1n) is 8.63. The van der Waals surface area contributed by atoms with Crippen molar-refractivity contribution in [1.29, 1.82) is 0 Å². The summed E-state index contributed by atoms with van der Waals surface area (Å²) in [6.45, 7) is 2.69. The normalized spacial score (nSPS) is 35.3. The van der Waals surface area contributed by atoms with Crippen LogP contribution >= 0.6 is 0 Å². The quantitative estimate of drug-likeness (QED) is 0.897. The second-order valence-electron chi connectivity index (χ2n) is 7.67. The van der Waals surface area contributed by atoms with E-state index in [2.05, 4.69) is 19.4 Å². The summed E-state index contributed by atoms with van der Waals surface area (Å²) in [4.78, 5) is 10.6. The Bertz CT molecular complexity index is 917. The zero-order valence-corrected chi connectivity index (χ0v) is 13.6. The molecule has 1 unspecified atom stereocenters. The van der Waals surface area contributed by atoms with E-state index >= 15 is 0 Å². The van der Waals surface area contributed by atoms with Gasteiger partial charge in [0.05, 0.1) is 42.4 Å². The van der Waals surface area contributed by atoms with Crippen molar-refractivity contribution < 1.29 is 17.9 Å². The first-order chi connectivity index (χ1) is 12.4. The SMILES string of the molecule is Nc1ncc(-c2cn([C@@]34C5[C@@H]3[C@@H]4CN5C3COC3)cn2)cc1C(F)(F)F. The fraction of sp³-hybridized carbons (Fsp3) is 0.529. The molecule has 5 fully saturated rings. The molecule has 4 atom stereocenters. The lowest BCUT2D eigenvalue weighted by Gasteiger charge is -2.34. The molecule has 2 saturated carbocycles. The van der Waals surface area contributed by atoms with Gasteiger partial charge in [0.15, 0.2) is 0 Å². The summed E-state index contributed by atoms with van der Waals surface area (Å²) in [5.41, 5.74) is 5.39. The Balaban J connectivity index is 1.30. The molecule has 5 aliphatic rings. The topological polar surface area (TPSA) is 69.2 Å². The molecular formula is C17H16F3N5O. The third-order valence-corrected chi connectivity index (χ3v) is 6.56. The third-order valence-electron chi connectivity index (χ3n) is 6.56. The minimum atomic E-state index is -4.53. The standard InChI is InChI=1S/C17H16F3N5O/c18-17(19,20)10-1-8(2-22-15(10)21)12-4-24(7-23-12)16-11-3-25(9-5-26-6-9)14(16)13(11)16/h1-2,4,7,9,11,13-14H,3,5-6H2,(H2,21,22)/t11-,13-,14?,16+/m0/s1. The Labute approximate surface area is 146 Å². The Morgan fingerprint density at radius 1 is 1.27 bits per heavy atom. The first-order valence-corrected chi connectivity index (χ1v) is 8.63.